The van der Waals surface area contributed by atoms with Gasteiger partial charge in [-0.1, -0.05) is 39.5 Å². The molecule has 3 unspecified atom stereocenters. The molecular weight excluding hydrogens is 222 g/mol. The van der Waals surface area contributed by atoms with Gasteiger partial charge in [0.1, 0.15) is 0 Å². The lowest BCUT2D eigenvalue weighted by atomic mass is 9.85. The van der Waals surface area contributed by atoms with Crippen LogP contribution in [0.3, 0.4) is 0 Å². The number of hydrogen-bond acceptors (Lipinski definition) is 2. The average molecular weight is 253 g/mol. The molecular formula is C16H31NO. The summed E-state index contributed by atoms with van der Waals surface area (Å²) >= 11 is 0. The van der Waals surface area contributed by atoms with Gasteiger partial charge in [-0.15, -0.1) is 0 Å². The van der Waals surface area contributed by atoms with Gasteiger partial charge in [0.25, 0.3) is 0 Å². The van der Waals surface area contributed by atoms with Gasteiger partial charge in [-0.05, 0) is 44.6 Å². The smallest absolute Gasteiger partial charge is 0.0583 e. The maximum absolute atomic E-state index is 6.03. The molecule has 18 heavy (non-hydrogen) atoms. The zero-order valence-corrected chi connectivity index (χ0v) is 12.5. The molecule has 0 aromatic rings. The molecule has 2 nitrogen and oxygen atoms in total. The predicted molar refractivity (Wildman–Crippen MR) is 76.8 cm³/mol. The molecule has 0 spiro atoms. The molecule has 0 radical (unpaired) electrons. The molecule has 0 bridgehead atoms. The second-order valence-electron chi connectivity index (χ2n) is 6.75. The van der Waals surface area contributed by atoms with Gasteiger partial charge in [0.2, 0.25) is 0 Å². The van der Waals surface area contributed by atoms with Gasteiger partial charge in [-0.25, -0.2) is 0 Å². The Hall–Kier alpha value is -0.0800. The summed E-state index contributed by atoms with van der Waals surface area (Å²) in [5.74, 6) is 1.79. The molecule has 3 atom stereocenters. The molecule has 2 heteroatoms. The van der Waals surface area contributed by atoms with Gasteiger partial charge >= 0.3 is 0 Å². The molecule has 1 heterocycles. The number of hydrogen-bond donors (Lipinski definition) is 1. The van der Waals surface area contributed by atoms with E-state index in [0.717, 1.165) is 11.8 Å². The van der Waals surface area contributed by atoms with Crippen LogP contribution in [-0.2, 0) is 4.74 Å². The minimum Gasteiger partial charge on any atom is -0.375 e. The highest BCUT2D eigenvalue weighted by atomic mass is 16.5. The summed E-state index contributed by atoms with van der Waals surface area (Å²) in [4.78, 5) is 0. The first-order valence-electron chi connectivity index (χ1n) is 8.04. The van der Waals surface area contributed by atoms with Crippen LogP contribution in [0.4, 0.5) is 0 Å². The van der Waals surface area contributed by atoms with Crippen molar-refractivity contribution in [3.05, 3.63) is 0 Å². The van der Waals surface area contributed by atoms with Gasteiger partial charge in [0.15, 0.2) is 0 Å². The number of rotatable bonds is 6. The van der Waals surface area contributed by atoms with Crippen LogP contribution < -0.4 is 5.32 Å². The van der Waals surface area contributed by atoms with E-state index in [2.05, 4.69) is 26.1 Å². The Labute approximate surface area is 113 Å². The van der Waals surface area contributed by atoms with Crippen molar-refractivity contribution < 1.29 is 4.74 Å². The quantitative estimate of drug-likeness (QED) is 0.778. The molecule has 2 rings (SSSR count). The third-order valence-electron chi connectivity index (χ3n) is 4.74. The van der Waals surface area contributed by atoms with Crippen molar-refractivity contribution in [2.45, 2.75) is 84.0 Å². The Balaban J connectivity index is 1.82. The standard InChI is InChI=1S/C16H31NO/c1-12(2)17-11-15(14-6-4-5-7-14)10-16-9-8-13(3)18-16/h12-17H,4-11H2,1-3H3. The van der Waals surface area contributed by atoms with Gasteiger partial charge in [-0.2, -0.15) is 0 Å². The highest BCUT2D eigenvalue weighted by molar-refractivity contribution is 4.82. The van der Waals surface area contributed by atoms with Crippen LogP contribution in [0, 0.1) is 11.8 Å². The second-order valence-corrected chi connectivity index (χ2v) is 6.75. The first kappa shape index (κ1) is 14.3. The minimum atomic E-state index is 0.497. The highest BCUT2D eigenvalue weighted by Gasteiger charge is 2.30. The molecule has 0 aromatic heterocycles. The van der Waals surface area contributed by atoms with Crippen molar-refractivity contribution in [1.29, 1.82) is 0 Å². The summed E-state index contributed by atoms with van der Waals surface area (Å²) < 4.78 is 6.03. The SMILES string of the molecule is CC(C)NCC(CC1CCC(C)O1)C1CCCC1. The summed E-state index contributed by atoms with van der Waals surface area (Å²) in [6.45, 7) is 7.91. The van der Waals surface area contributed by atoms with Crippen LogP contribution in [0.2, 0.25) is 0 Å². The minimum absolute atomic E-state index is 0.497. The second kappa shape index (κ2) is 6.91. The number of nitrogens with one attached hydrogen (secondary N) is 1. The summed E-state index contributed by atoms with van der Waals surface area (Å²) in [5, 5.41) is 3.65. The van der Waals surface area contributed by atoms with Crippen molar-refractivity contribution in [1.82, 2.24) is 5.32 Å². The highest BCUT2D eigenvalue weighted by Crippen LogP contribution is 2.36. The van der Waals surface area contributed by atoms with Gasteiger partial charge in [-0.3, -0.25) is 0 Å². The Morgan fingerprint density at radius 2 is 1.83 bits per heavy atom. The Bertz CT molecular complexity index is 235. The zero-order chi connectivity index (χ0) is 13.0. The van der Waals surface area contributed by atoms with E-state index < -0.39 is 0 Å². The molecule has 2 aliphatic rings. The summed E-state index contributed by atoms with van der Waals surface area (Å²) in [7, 11) is 0. The van der Waals surface area contributed by atoms with E-state index >= 15 is 0 Å². The molecule has 1 saturated heterocycles. The van der Waals surface area contributed by atoms with Crippen LogP contribution in [-0.4, -0.2) is 24.8 Å². The lowest BCUT2D eigenvalue weighted by Crippen LogP contribution is -2.34. The van der Waals surface area contributed by atoms with E-state index in [1.807, 2.05) is 0 Å². The lowest BCUT2D eigenvalue weighted by molar-refractivity contribution is 0.0342. The fourth-order valence-corrected chi connectivity index (χ4v) is 3.65. The van der Waals surface area contributed by atoms with Crippen LogP contribution in [0.15, 0.2) is 0 Å². The summed E-state index contributed by atoms with van der Waals surface area (Å²) in [6.07, 6.45) is 10.7. The maximum atomic E-state index is 6.03. The lowest BCUT2D eigenvalue weighted by Gasteiger charge is -2.27. The molecule has 106 valence electrons. The van der Waals surface area contributed by atoms with Crippen molar-refractivity contribution >= 4 is 0 Å². The van der Waals surface area contributed by atoms with Gasteiger partial charge in [0, 0.05) is 6.04 Å². The molecule has 0 aromatic carbocycles. The third-order valence-corrected chi connectivity index (χ3v) is 4.74. The van der Waals surface area contributed by atoms with Gasteiger partial charge < -0.3 is 10.1 Å². The zero-order valence-electron chi connectivity index (χ0n) is 12.5. The fraction of sp³-hybridized carbons (Fsp3) is 1.00. The van der Waals surface area contributed by atoms with Crippen molar-refractivity contribution in [2.75, 3.05) is 6.54 Å². The van der Waals surface area contributed by atoms with E-state index in [4.69, 9.17) is 4.74 Å². The molecule has 1 aliphatic heterocycles. The van der Waals surface area contributed by atoms with Crippen molar-refractivity contribution in [2.24, 2.45) is 11.8 Å². The predicted octanol–water partition coefficient (Wildman–Crippen LogP) is 3.75. The maximum Gasteiger partial charge on any atom is 0.0583 e. The Morgan fingerprint density at radius 1 is 1.11 bits per heavy atom. The third kappa shape index (κ3) is 4.24. The van der Waals surface area contributed by atoms with Crippen LogP contribution in [0.1, 0.15) is 65.7 Å². The molecule has 1 saturated carbocycles. The number of ether oxygens (including phenoxy) is 1. The molecule has 1 aliphatic carbocycles. The first-order chi connectivity index (χ1) is 8.65. The monoisotopic (exact) mass is 253 g/mol. The fourth-order valence-electron chi connectivity index (χ4n) is 3.65. The normalized spacial score (nSPS) is 31.3. The van der Waals surface area contributed by atoms with E-state index in [0.29, 0.717) is 18.2 Å². The average Bonchev–Trinajstić information content (AvgIpc) is 2.95. The van der Waals surface area contributed by atoms with Crippen LogP contribution in [0.5, 0.6) is 0 Å². The molecule has 0 amide bonds. The van der Waals surface area contributed by atoms with Crippen LogP contribution >= 0.6 is 0 Å². The largest absolute Gasteiger partial charge is 0.375 e. The Morgan fingerprint density at radius 3 is 2.39 bits per heavy atom. The van der Waals surface area contributed by atoms with E-state index in [1.54, 1.807) is 0 Å². The molecule has 1 N–H and O–H groups in total. The summed E-state index contributed by atoms with van der Waals surface area (Å²) in [5.41, 5.74) is 0. The van der Waals surface area contributed by atoms with Gasteiger partial charge in [0.05, 0.1) is 12.2 Å². The topological polar surface area (TPSA) is 21.3 Å². The van der Waals surface area contributed by atoms with E-state index in [1.165, 1.54) is 51.5 Å². The van der Waals surface area contributed by atoms with Crippen LogP contribution in [0.25, 0.3) is 0 Å². The Kier molecular flexibility index (Phi) is 5.50. The van der Waals surface area contributed by atoms with Crippen molar-refractivity contribution in [3.8, 4) is 0 Å². The van der Waals surface area contributed by atoms with E-state index in [9.17, 15) is 0 Å². The molecule has 2 fully saturated rings. The van der Waals surface area contributed by atoms with E-state index in [-0.39, 0.29) is 0 Å². The first-order valence-corrected chi connectivity index (χ1v) is 8.04. The van der Waals surface area contributed by atoms with Crippen molar-refractivity contribution in [3.63, 3.8) is 0 Å². The summed E-state index contributed by atoms with van der Waals surface area (Å²) in [6, 6.07) is 0.609.